The quantitative estimate of drug-likeness (QED) is 0.309. The Labute approximate surface area is 206 Å². The topological polar surface area (TPSA) is 9.23 Å². The Morgan fingerprint density at radius 1 is 0.710 bits per heavy atom. The van der Waals surface area contributed by atoms with Crippen molar-refractivity contribution in [2.45, 2.75) is 45.5 Å². The van der Waals surface area contributed by atoms with Crippen LogP contribution in [0.25, 0.3) is 22.3 Å². The van der Waals surface area contributed by atoms with Crippen molar-refractivity contribution in [1.82, 2.24) is 0 Å². The second kappa shape index (κ2) is 9.47. The zero-order valence-corrected chi connectivity index (χ0v) is 22.3. The first-order valence-corrected chi connectivity index (χ1v) is 14.5. The molecule has 0 heterocycles. The van der Waals surface area contributed by atoms with Crippen LogP contribution in [0.1, 0.15) is 26.3 Å². The summed E-state index contributed by atoms with van der Waals surface area (Å²) in [6, 6.07) is 17.3. The predicted molar refractivity (Wildman–Crippen MR) is 139 cm³/mol. The van der Waals surface area contributed by atoms with Gasteiger partial charge in [0.15, 0.2) is 8.32 Å². The Bertz CT molecular complexity index is 1100. The first kappa shape index (κ1) is 24.6. The molecule has 0 spiro atoms. The molecule has 0 saturated carbocycles. The molecular weight excluding hydrogens is 486 g/mol. The van der Waals surface area contributed by atoms with Crippen LogP contribution in [0.4, 0.5) is 0 Å². The normalized spacial score (nSPS) is 12.3. The van der Waals surface area contributed by atoms with Crippen LogP contribution in [0, 0.1) is 0 Å². The van der Waals surface area contributed by atoms with E-state index < -0.39 is 8.32 Å². The molecule has 6 heteroatoms. The molecule has 0 saturated heterocycles. The van der Waals surface area contributed by atoms with Crippen LogP contribution >= 0.6 is 46.4 Å². The van der Waals surface area contributed by atoms with Crippen molar-refractivity contribution in [3.8, 4) is 22.3 Å². The van der Waals surface area contributed by atoms with Crippen LogP contribution in [0.15, 0.2) is 54.6 Å². The van der Waals surface area contributed by atoms with Crippen LogP contribution in [-0.2, 0) is 11.0 Å². The van der Waals surface area contributed by atoms with Gasteiger partial charge in [0.2, 0.25) is 0 Å². The summed E-state index contributed by atoms with van der Waals surface area (Å²) in [7, 11) is -1.92. The summed E-state index contributed by atoms with van der Waals surface area (Å²) in [6.07, 6.45) is 0. The molecule has 3 rings (SSSR count). The Kier molecular flexibility index (Phi) is 7.52. The van der Waals surface area contributed by atoms with Gasteiger partial charge >= 0.3 is 0 Å². The maximum absolute atomic E-state index is 6.59. The summed E-state index contributed by atoms with van der Waals surface area (Å²) in [4.78, 5) is 0. The summed E-state index contributed by atoms with van der Waals surface area (Å²) < 4.78 is 6.52. The molecule has 0 amide bonds. The van der Waals surface area contributed by atoms with Crippen molar-refractivity contribution >= 4 is 54.7 Å². The van der Waals surface area contributed by atoms with Gasteiger partial charge in [0.1, 0.15) is 0 Å². The molecule has 0 fully saturated rings. The highest BCUT2D eigenvalue weighted by Gasteiger charge is 2.37. The van der Waals surface area contributed by atoms with E-state index in [0.29, 0.717) is 26.7 Å². The van der Waals surface area contributed by atoms with E-state index in [1.54, 1.807) is 12.1 Å². The van der Waals surface area contributed by atoms with Gasteiger partial charge in [-0.3, -0.25) is 0 Å². The molecule has 0 aliphatic carbocycles. The summed E-state index contributed by atoms with van der Waals surface area (Å²) in [5, 5.41) is 2.53. The van der Waals surface area contributed by atoms with Crippen molar-refractivity contribution in [1.29, 1.82) is 0 Å². The highest BCUT2D eigenvalue weighted by molar-refractivity contribution is 6.74. The van der Waals surface area contributed by atoms with E-state index in [9.17, 15) is 0 Å². The standard InChI is InChI=1S/C25H26Cl4OSi/c1-25(2,3)31(4,5)30-15-17-7-6-16(20-10-8-18(26)13-23(20)28)12-22(17)21-11-9-19(27)14-24(21)29/h6-14H,15H2,1-5H3. The van der Waals surface area contributed by atoms with E-state index in [2.05, 4.69) is 52.1 Å². The monoisotopic (exact) mass is 510 g/mol. The number of hydrogen-bond donors (Lipinski definition) is 0. The minimum atomic E-state index is -1.92. The van der Waals surface area contributed by atoms with Gasteiger partial charge in [-0.2, -0.15) is 0 Å². The highest BCUT2D eigenvalue weighted by atomic mass is 35.5. The number of benzene rings is 3. The number of rotatable bonds is 5. The molecule has 0 bridgehead atoms. The van der Waals surface area contributed by atoms with Crippen molar-refractivity contribution in [2.75, 3.05) is 0 Å². The zero-order valence-electron chi connectivity index (χ0n) is 18.3. The molecule has 0 radical (unpaired) electrons. The fourth-order valence-electron chi connectivity index (χ4n) is 3.03. The lowest BCUT2D eigenvalue weighted by Crippen LogP contribution is -2.40. The van der Waals surface area contributed by atoms with Crippen LogP contribution in [0.3, 0.4) is 0 Å². The molecule has 0 aliphatic heterocycles. The average molecular weight is 512 g/mol. The second-order valence-electron chi connectivity index (χ2n) is 9.17. The van der Waals surface area contributed by atoms with E-state index >= 15 is 0 Å². The van der Waals surface area contributed by atoms with Gasteiger partial charge in [0, 0.05) is 31.2 Å². The molecule has 0 unspecified atom stereocenters. The Hall–Kier alpha value is -1.00. The van der Waals surface area contributed by atoms with Crippen LogP contribution in [0.5, 0.6) is 0 Å². The summed E-state index contributed by atoms with van der Waals surface area (Å²) >= 11 is 25.3. The van der Waals surface area contributed by atoms with Crippen molar-refractivity contribution in [3.05, 3.63) is 80.3 Å². The van der Waals surface area contributed by atoms with Gasteiger partial charge < -0.3 is 4.43 Å². The van der Waals surface area contributed by atoms with Gasteiger partial charge in [-0.05, 0) is 65.2 Å². The molecule has 0 atom stereocenters. The Morgan fingerprint density at radius 3 is 1.77 bits per heavy atom. The number of hydrogen-bond acceptors (Lipinski definition) is 1. The molecule has 164 valence electrons. The Balaban J connectivity index is 2.10. The van der Waals surface area contributed by atoms with Gasteiger partial charge in [-0.25, -0.2) is 0 Å². The highest BCUT2D eigenvalue weighted by Crippen LogP contribution is 2.40. The molecule has 3 aromatic carbocycles. The average Bonchev–Trinajstić information content (AvgIpc) is 2.66. The molecule has 0 aliphatic rings. The minimum Gasteiger partial charge on any atom is -0.413 e. The van der Waals surface area contributed by atoms with Crippen LogP contribution < -0.4 is 0 Å². The summed E-state index contributed by atoms with van der Waals surface area (Å²) in [5.41, 5.74) is 4.88. The maximum atomic E-state index is 6.59. The molecule has 3 aromatic rings. The third kappa shape index (κ3) is 5.68. The first-order chi connectivity index (χ1) is 14.4. The third-order valence-electron chi connectivity index (χ3n) is 5.97. The summed E-state index contributed by atoms with van der Waals surface area (Å²) in [5.74, 6) is 0. The van der Waals surface area contributed by atoms with Crippen LogP contribution in [0.2, 0.25) is 38.2 Å². The molecule has 31 heavy (non-hydrogen) atoms. The second-order valence-corrected chi connectivity index (χ2v) is 15.7. The fourth-order valence-corrected chi connectivity index (χ4v) is 5.00. The lowest BCUT2D eigenvalue weighted by atomic mass is 9.94. The first-order valence-electron chi connectivity index (χ1n) is 10.1. The smallest absolute Gasteiger partial charge is 0.192 e. The third-order valence-corrected chi connectivity index (χ3v) is 11.5. The van der Waals surface area contributed by atoms with E-state index in [1.807, 2.05) is 24.3 Å². The van der Waals surface area contributed by atoms with Gasteiger partial charge in [-0.15, -0.1) is 0 Å². The summed E-state index contributed by atoms with van der Waals surface area (Å²) in [6.45, 7) is 11.7. The van der Waals surface area contributed by atoms with E-state index in [1.165, 1.54) is 0 Å². The van der Waals surface area contributed by atoms with E-state index in [-0.39, 0.29) is 5.04 Å². The molecular formula is C25H26Cl4OSi. The van der Waals surface area contributed by atoms with Gasteiger partial charge in [0.05, 0.1) is 6.61 Å². The Morgan fingerprint density at radius 2 is 1.26 bits per heavy atom. The molecule has 0 N–H and O–H groups in total. The van der Waals surface area contributed by atoms with Crippen molar-refractivity contribution < 1.29 is 4.43 Å². The zero-order chi connectivity index (χ0) is 23.0. The van der Waals surface area contributed by atoms with Crippen LogP contribution in [-0.4, -0.2) is 8.32 Å². The van der Waals surface area contributed by atoms with Gasteiger partial charge in [0.25, 0.3) is 0 Å². The predicted octanol–water partition coefficient (Wildman–Crippen LogP) is 10.2. The minimum absolute atomic E-state index is 0.127. The van der Waals surface area contributed by atoms with E-state index in [0.717, 1.165) is 27.8 Å². The largest absolute Gasteiger partial charge is 0.413 e. The van der Waals surface area contributed by atoms with E-state index in [4.69, 9.17) is 50.8 Å². The number of halogens is 4. The lowest BCUT2D eigenvalue weighted by Gasteiger charge is -2.36. The van der Waals surface area contributed by atoms with Gasteiger partial charge in [-0.1, -0.05) is 91.4 Å². The molecule has 0 aromatic heterocycles. The van der Waals surface area contributed by atoms with Crippen molar-refractivity contribution in [3.63, 3.8) is 0 Å². The van der Waals surface area contributed by atoms with Crippen molar-refractivity contribution in [2.24, 2.45) is 0 Å². The maximum Gasteiger partial charge on any atom is 0.192 e. The fraction of sp³-hybridized carbons (Fsp3) is 0.280. The molecule has 1 nitrogen and oxygen atoms in total. The lowest BCUT2D eigenvalue weighted by molar-refractivity contribution is 0.277. The SMILES string of the molecule is CC(C)(C)[Si](C)(C)OCc1ccc(-c2ccc(Cl)cc2Cl)cc1-c1ccc(Cl)cc1Cl.